The fourth-order valence-electron chi connectivity index (χ4n) is 2.75. The van der Waals surface area contributed by atoms with Gasteiger partial charge in [-0.2, -0.15) is 0 Å². The Balaban J connectivity index is 2.10. The summed E-state index contributed by atoms with van der Waals surface area (Å²) in [6.45, 7) is 0. The third kappa shape index (κ3) is 2.65. The van der Waals surface area contributed by atoms with Crippen LogP contribution in [0.4, 0.5) is 5.69 Å². The van der Waals surface area contributed by atoms with Gasteiger partial charge in [0.05, 0.1) is 7.11 Å². The zero-order valence-corrected chi connectivity index (χ0v) is 13.8. The van der Waals surface area contributed by atoms with Crippen molar-refractivity contribution >= 4 is 17.3 Å². The van der Waals surface area contributed by atoms with E-state index in [9.17, 15) is 9.59 Å². The first kappa shape index (κ1) is 15.8. The molecule has 0 spiro atoms. The van der Waals surface area contributed by atoms with E-state index in [-0.39, 0.29) is 17.3 Å². The summed E-state index contributed by atoms with van der Waals surface area (Å²) in [6.07, 6.45) is 0. The second-order valence-corrected chi connectivity index (χ2v) is 5.68. The van der Waals surface area contributed by atoms with Gasteiger partial charge in [-0.3, -0.25) is 9.59 Å². The summed E-state index contributed by atoms with van der Waals surface area (Å²) in [6, 6.07) is 14.1. The van der Waals surface area contributed by atoms with E-state index in [1.54, 1.807) is 56.4 Å². The molecular formula is C19H18N2O3. The molecule has 5 nitrogen and oxygen atoms in total. The molecule has 1 N–H and O–H groups in total. The van der Waals surface area contributed by atoms with Gasteiger partial charge < -0.3 is 15.0 Å². The normalized spacial score (nSPS) is 13.6. The van der Waals surface area contributed by atoms with Crippen LogP contribution in [0.1, 0.15) is 20.7 Å². The molecule has 3 rings (SSSR count). The van der Waals surface area contributed by atoms with E-state index in [0.29, 0.717) is 28.3 Å². The van der Waals surface area contributed by atoms with Crippen molar-refractivity contribution in [2.75, 3.05) is 26.5 Å². The molecule has 0 amide bonds. The number of carbonyl (C=O) groups is 2. The molecule has 0 aliphatic heterocycles. The monoisotopic (exact) mass is 322 g/mol. The largest absolute Gasteiger partial charge is 0.497 e. The topological polar surface area (TPSA) is 58.6 Å². The molecule has 0 bridgehead atoms. The predicted molar refractivity (Wildman–Crippen MR) is 92.4 cm³/mol. The lowest BCUT2D eigenvalue weighted by Crippen LogP contribution is -2.32. The molecule has 122 valence electrons. The number of anilines is 1. The van der Waals surface area contributed by atoms with E-state index in [1.165, 1.54) is 0 Å². The molecule has 2 aromatic carbocycles. The molecule has 0 atom stereocenters. The van der Waals surface area contributed by atoms with Gasteiger partial charge in [0, 0.05) is 37.0 Å². The lowest BCUT2D eigenvalue weighted by molar-refractivity contribution is 0.0953. The Morgan fingerprint density at radius 1 is 0.917 bits per heavy atom. The van der Waals surface area contributed by atoms with Gasteiger partial charge in [0.15, 0.2) is 0 Å². The van der Waals surface area contributed by atoms with Gasteiger partial charge in [-0.25, -0.2) is 0 Å². The quantitative estimate of drug-likeness (QED) is 0.938. The van der Waals surface area contributed by atoms with Gasteiger partial charge >= 0.3 is 0 Å². The second kappa shape index (κ2) is 6.20. The minimum absolute atomic E-state index is 0.166. The molecule has 0 saturated carbocycles. The lowest BCUT2D eigenvalue weighted by Gasteiger charge is -2.26. The Morgan fingerprint density at radius 2 is 1.58 bits per heavy atom. The third-order valence-electron chi connectivity index (χ3n) is 3.88. The molecule has 1 aliphatic rings. The predicted octanol–water partition coefficient (Wildman–Crippen LogP) is 2.96. The number of ketones is 2. The van der Waals surface area contributed by atoms with Crippen LogP contribution in [0.25, 0.3) is 0 Å². The molecule has 0 saturated heterocycles. The number of nitrogens with zero attached hydrogens (tertiary/aromatic N) is 1. The van der Waals surface area contributed by atoms with Crippen LogP contribution in [-0.4, -0.2) is 37.7 Å². The minimum Gasteiger partial charge on any atom is -0.497 e. The number of benzene rings is 2. The number of methoxy groups -OCH3 is 1. The summed E-state index contributed by atoms with van der Waals surface area (Å²) in [7, 11) is 5.08. The number of hydrogen-bond acceptors (Lipinski definition) is 5. The van der Waals surface area contributed by atoms with E-state index in [0.717, 1.165) is 0 Å². The fraction of sp³-hybridized carbons (Fsp3) is 0.158. The molecule has 2 aromatic rings. The van der Waals surface area contributed by atoms with Crippen LogP contribution >= 0.6 is 0 Å². The molecule has 0 radical (unpaired) electrons. The average Bonchev–Trinajstić information content (AvgIpc) is 2.59. The Labute approximate surface area is 140 Å². The molecule has 5 heteroatoms. The number of rotatable bonds is 4. The van der Waals surface area contributed by atoms with Crippen LogP contribution in [0, 0.1) is 0 Å². The first-order valence-electron chi connectivity index (χ1n) is 7.54. The molecule has 0 fully saturated rings. The van der Waals surface area contributed by atoms with E-state index in [2.05, 4.69) is 5.32 Å². The van der Waals surface area contributed by atoms with Crippen molar-refractivity contribution in [3.63, 3.8) is 0 Å². The highest BCUT2D eigenvalue weighted by atomic mass is 16.5. The minimum atomic E-state index is -0.197. The maximum Gasteiger partial charge on any atom is 0.212 e. The molecule has 0 aromatic heterocycles. The SMILES string of the molecule is COc1cccc(NC2=C(N(C)C)C(=O)c3ccccc3C2=O)c1. The maximum atomic E-state index is 12.9. The van der Waals surface area contributed by atoms with Gasteiger partial charge in [-0.15, -0.1) is 0 Å². The van der Waals surface area contributed by atoms with Gasteiger partial charge in [-0.1, -0.05) is 30.3 Å². The molecule has 0 heterocycles. The van der Waals surface area contributed by atoms with Crippen molar-refractivity contribution in [2.24, 2.45) is 0 Å². The molecular weight excluding hydrogens is 304 g/mol. The van der Waals surface area contributed by atoms with E-state index < -0.39 is 0 Å². The maximum absolute atomic E-state index is 12.9. The number of nitrogens with one attached hydrogen (secondary N) is 1. The first-order valence-corrected chi connectivity index (χ1v) is 7.54. The standard InChI is InChI=1S/C19H18N2O3/c1-21(2)17-16(20-12-7-6-8-13(11-12)24-3)18(22)14-9-4-5-10-15(14)19(17)23/h4-11,20H,1-3H3. The fourth-order valence-corrected chi connectivity index (χ4v) is 2.75. The van der Waals surface area contributed by atoms with E-state index in [1.807, 2.05) is 18.2 Å². The van der Waals surface area contributed by atoms with Crippen LogP contribution in [0.5, 0.6) is 5.75 Å². The molecule has 1 aliphatic carbocycles. The van der Waals surface area contributed by atoms with E-state index >= 15 is 0 Å². The number of ether oxygens (including phenoxy) is 1. The summed E-state index contributed by atoms with van der Waals surface area (Å²) < 4.78 is 5.20. The van der Waals surface area contributed by atoms with Crippen molar-refractivity contribution in [1.29, 1.82) is 0 Å². The summed E-state index contributed by atoms with van der Waals surface area (Å²) in [5.74, 6) is 0.305. The highest BCUT2D eigenvalue weighted by molar-refractivity contribution is 6.27. The van der Waals surface area contributed by atoms with Gasteiger partial charge in [0.2, 0.25) is 11.6 Å². The van der Waals surface area contributed by atoms with Gasteiger partial charge in [0.25, 0.3) is 0 Å². The zero-order valence-electron chi connectivity index (χ0n) is 13.8. The van der Waals surface area contributed by atoms with Crippen molar-refractivity contribution < 1.29 is 14.3 Å². The second-order valence-electron chi connectivity index (χ2n) is 5.68. The Hall–Kier alpha value is -3.08. The smallest absolute Gasteiger partial charge is 0.212 e. The van der Waals surface area contributed by atoms with Crippen LogP contribution in [0.2, 0.25) is 0 Å². The van der Waals surface area contributed by atoms with Crippen LogP contribution in [0.3, 0.4) is 0 Å². The van der Waals surface area contributed by atoms with Crippen molar-refractivity contribution in [1.82, 2.24) is 4.90 Å². The highest BCUT2D eigenvalue weighted by Crippen LogP contribution is 2.29. The summed E-state index contributed by atoms with van der Waals surface area (Å²) >= 11 is 0. The zero-order chi connectivity index (χ0) is 17.3. The summed E-state index contributed by atoms with van der Waals surface area (Å²) in [5, 5.41) is 3.10. The number of likely N-dealkylation sites (N-methyl/N-ethyl adjacent to an activating group) is 1. The van der Waals surface area contributed by atoms with Gasteiger partial charge in [-0.05, 0) is 12.1 Å². The molecule has 24 heavy (non-hydrogen) atoms. The van der Waals surface area contributed by atoms with Gasteiger partial charge in [0.1, 0.15) is 17.1 Å². The third-order valence-corrected chi connectivity index (χ3v) is 3.88. The van der Waals surface area contributed by atoms with Crippen LogP contribution in [-0.2, 0) is 0 Å². The van der Waals surface area contributed by atoms with Crippen LogP contribution < -0.4 is 10.1 Å². The highest BCUT2D eigenvalue weighted by Gasteiger charge is 2.33. The van der Waals surface area contributed by atoms with Crippen LogP contribution in [0.15, 0.2) is 59.9 Å². The summed E-state index contributed by atoms with van der Waals surface area (Å²) in [4.78, 5) is 27.4. The molecule has 0 unspecified atom stereocenters. The van der Waals surface area contributed by atoms with E-state index in [4.69, 9.17) is 4.74 Å². The number of Topliss-reactive ketones (excluding diaryl/α,β-unsaturated/α-hetero) is 2. The number of allylic oxidation sites excluding steroid dienone is 2. The Morgan fingerprint density at radius 3 is 2.21 bits per heavy atom. The number of carbonyl (C=O) groups excluding carboxylic acids is 2. The Kier molecular flexibility index (Phi) is 4.08. The lowest BCUT2D eigenvalue weighted by atomic mass is 9.89. The average molecular weight is 322 g/mol. The van der Waals surface area contributed by atoms with Crippen molar-refractivity contribution in [2.45, 2.75) is 0 Å². The van der Waals surface area contributed by atoms with Crippen molar-refractivity contribution in [3.8, 4) is 5.75 Å². The first-order chi connectivity index (χ1) is 11.5. The van der Waals surface area contributed by atoms with Crippen molar-refractivity contribution in [3.05, 3.63) is 71.1 Å². The summed E-state index contributed by atoms with van der Waals surface area (Å²) in [5.41, 5.74) is 2.16. The number of fused-ring (bicyclic) bond motifs is 1. The Bertz CT molecular complexity index is 853. The number of hydrogen-bond donors (Lipinski definition) is 1.